The van der Waals surface area contributed by atoms with Gasteiger partial charge in [-0.05, 0) is 56.5 Å². The van der Waals surface area contributed by atoms with Crippen LogP contribution in [-0.2, 0) is 4.79 Å². The SMILES string of the molecule is Cc1nc(S[C@H](C(=O)Nc2ccc(F)cc2)c2ccccc2)n(C2CCCC2)c1C. The number of hydrogen-bond acceptors (Lipinski definition) is 3. The third kappa shape index (κ3) is 4.43. The van der Waals surface area contributed by atoms with E-state index in [-0.39, 0.29) is 11.7 Å². The molecule has 0 aliphatic heterocycles. The maximum Gasteiger partial charge on any atom is 0.242 e. The lowest BCUT2D eigenvalue weighted by molar-refractivity contribution is -0.115. The zero-order chi connectivity index (χ0) is 21.1. The molecule has 0 spiro atoms. The number of aromatic nitrogens is 2. The lowest BCUT2D eigenvalue weighted by atomic mass is 10.1. The summed E-state index contributed by atoms with van der Waals surface area (Å²) in [6.45, 7) is 4.14. The molecule has 2 aromatic carbocycles. The first-order valence-corrected chi connectivity index (χ1v) is 11.2. The van der Waals surface area contributed by atoms with Crippen molar-refractivity contribution in [3.8, 4) is 0 Å². The molecule has 1 heterocycles. The number of carbonyl (C=O) groups excluding carboxylic acids is 1. The number of aryl methyl sites for hydroxylation is 1. The second kappa shape index (κ2) is 9.04. The fourth-order valence-corrected chi connectivity index (χ4v) is 5.28. The van der Waals surface area contributed by atoms with Gasteiger partial charge in [-0.1, -0.05) is 54.9 Å². The minimum absolute atomic E-state index is 0.144. The fraction of sp³-hybridized carbons (Fsp3) is 0.333. The molecular weight excluding hydrogens is 397 g/mol. The Kier molecular flexibility index (Phi) is 6.23. The number of halogens is 1. The van der Waals surface area contributed by atoms with Crippen molar-refractivity contribution in [2.75, 3.05) is 5.32 Å². The molecular formula is C24H26FN3OS. The largest absolute Gasteiger partial charge is 0.325 e. The van der Waals surface area contributed by atoms with Gasteiger partial charge in [-0.25, -0.2) is 9.37 Å². The highest BCUT2D eigenvalue weighted by atomic mass is 32.2. The molecule has 1 N–H and O–H groups in total. The quantitative estimate of drug-likeness (QED) is 0.478. The zero-order valence-electron chi connectivity index (χ0n) is 17.3. The van der Waals surface area contributed by atoms with Gasteiger partial charge in [0.05, 0.1) is 5.69 Å². The van der Waals surface area contributed by atoms with Crippen LogP contribution in [0.15, 0.2) is 59.8 Å². The second-order valence-corrected chi connectivity index (χ2v) is 8.85. The molecule has 0 saturated heterocycles. The summed E-state index contributed by atoms with van der Waals surface area (Å²) in [7, 11) is 0. The first-order chi connectivity index (χ1) is 14.5. The van der Waals surface area contributed by atoms with Gasteiger partial charge in [0.15, 0.2) is 5.16 Å². The van der Waals surface area contributed by atoms with E-state index in [1.807, 2.05) is 37.3 Å². The first-order valence-electron chi connectivity index (χ1n) is 10.4. The molecule has 4 nitrogen and oxygen atoms in total. The molecule has 1 aliphatic rings. The molecule has 1 atom stereocenters. The summed E-state index contributed by atoms with van der Waals surface area (Å²) in [5, 5.41) is 3.36. The van der Waals surface area contributed by atoms with Crippen molar-refractivity contribution >= 4 is 23.4 Å². The fourth-order valence-electron chi connectivity index (χ4n) is 4.02. The molecule has 156 valence electrons. The van der Waals surface area contributed by atoms with Crippen molar-refractivity contribution in [2.45, 2.75) is 56.0 Å². The highest BCUT2D eigenvalue weighted by Gasteiger charge is 2.28. The van der Waals surface area contributed by atoms with E-state index in [1.165, 1.54) is 42.4 Å². The summed E-state index contributed by atoms with van der Waals surface area (Å²) in [5.74, 6) is -0.472. The predicted octanol–water partition coefficient (Wildman–Crippen LogP) is 6.23. The van der Waals surface area contributed by atoms with Gasteiger partial charge in [0.1, 0.15) is 11.1 Å². The Morgan fingerprint density at radius 2 is 1.77 bits per heavy atom. The predicted molar refractivity (Wildman–Crippen MR) is 119 cm³/mol. The van der Waals surface area contributed by atoms with Gasteiger partial charge in [0.2, 0.25) is 5.91 Å². The van der Waals surface area contributed by atoms with Gasteiger partial charge in [-0.3, -0.25) is 4.79 Å². The summed E-state index contributed by atoms with van der Waals surface area (Å²) in [6, 6.07) is 16.0. The van der Waals surface area contributed by atoms with E-state index in [0.29, 0.717) is 11.7 Å². The van der Waals surface area contributed by atoms with Gasteiger partial charge in [0, 0.05) is 17.4 Å². The average Bonchev–Trinajstić information content (AvgIpc) is 3.36. The standard InChI is InChI=1S/C24H26FN3OS/c1-16-17(2)28(21-10-6-7-11-21)24(26-16)30-22(18-8-4-3-5-9-18)23(29)27-20-14-12-19(25)13-15-20/h3-5,8-9,12-15,21-22H,6-7,10-11H2,1-2H3,(H,27,29)/t22-/m0/s1. The third-order valence-electron chi connectivity index (χ3n) is 5.72. The van der Waals surface area contributed by atoms with Gasteiger partial charge < -0.3 is 9.88 Å². The van der Waals surface area contributed by atoms with E-state index in [9.17, 15) is 9.18 Å². The molecule has 0 unspecified atom stereocenters. The van der Waals surface area contributed by atoms with Crippen molar-refractivity contribution in [2.24, 2.45) is 0 Å². The van der Waals surface area contributed by atoms with Crippen LogP contribution in [0.4, 0.5) is 10.1 Å². The van der Waals surface area contributed by atoms with Crippen molar-refractivity contribution in [1.82, 2.24) is 9.55 Å². The van der Waals surface area contributed by atoms with E-state index < -0.39 is 5.25 Å². The lowest BCUT2D eigenvalue weighted by Gasteiger charge is -2.21. The number of nitrogens with one attached hydrogen (secondary N) is 1. The highest BCUT2D eigenvalue weighted by molar-refractivity contribution is 8.00. The van der Waals surface area contributed by atoms with Crippen LogP contribution in [0.1, 0.15) is 53.9 Å². The van der Waals surface area contributed by atoms with Crippen LogP contribution in [0.5, 0.6) is 0 Å². The molecule has 6 heteroatoms. The van der Waals surface area contributed by atoms with Crippen molar-refractivity contribution in [1.29, 1.82) is 0 Å². The first kappa shape index (κ1) is 20.7. The molecule has 1 amide bonds. The number of rotatable bonds is 6. The molecule has 0 radical (unpaired) electrons. The van der Waals surface area contributed by atoms with Crippen LogP contribution < -0.4 is 5.32 Å². The number of carbonyl (C=O) groups is 1. The monoisotopic (exact) mass is 423 g/mol. The summed E-state index contributed by atoms with van der Waals surface area (Å²) < 4.78 is 15.6. The topological polar surface area (TPSA) is 46.9 Å². The van der Waals surface area contributed by atoms with Crippen LogP contribution in [-0.4, -0.2) is 15.5 Å². The minimum Gasteiger partial charge on any atom is -0.325 e. The van der Waals surface area contributed by atoms with E-state index >= 15 is 0 Å². The molecule has 30 heavy (non-hydrogen) atoms. The number of hydrogen-bond donors (Lipinski definition) is 1. The molecule has 1 aromatic heterocycles. The van der Waals surface area contributed by atoms with E-state index in [0.717, 1.165) is 29.3 Å². The molecule has 4 rings (SSSR count). The Balaban J connectivity index is 1.65. The summed E-state index contributed by atoms with van der Waals surface area (Å²) in [5.41, 5.74) is 3.68. The number of thioether (sulfide) groups is 1. The Bertz CT molecular complexity index is 1010. The summed E-state index contributed by atoms with van der Waals surface area (Å²) in [4.78, 5) is 18.1. The Morgan fingerprint density at radius 1 is 1.10 bits per heavy atom. The minimum atomic E-state index is -0.461. The van der Waals surface area contributed by atoms with Crippen LogP contribution >= 0.6 is 11.8 Å². The summed E-state index contributed by atoms with van der Waals surface area (Å²) in [6.07, 6.45) is 4.78. The van der Waals surface area contributed by atoms with Crippen LogP contribution in [0.25, 0.3) is 0 Å². The smallest absolute Gasteiger partial charge is 0.242 e. The highest BCUT2D eigenvalue weighted by Crippen LogP contribution is 2.41. The molecule has 1 fully saturated rings. The van der Waals surface area contributed by atoms with E-state index in [1.54, 1.807) is 12.1 Å². The Labute approximate surface area is 180 Å². The number of imidazole rings is 1. The van der Waals surface area contributed by atoms with E-state index in [2.05, 4.69) is 16.8 Å². The summed E-state index contributed by atoms with van der Waals surface area (Å²) >= 11 is 1.49. The Morgan fingerprint density at radius 3 is 2.43 bits per heavy atom. The number of benzene rings is 2. The van der Waals surface area contributed by atoms with Gasteiger partial charge in [-0.15, -0.1) is 0 Å². The molecule has 3 aromatic rings. The van der Waals surface area contributed by atoms with Crippen molar-refractivity contribution < 1.29 is 9.18 Å². The maximum absolute atomic E-state index is 13.3. The zero-order valence-corrected chi connectivity index (χ0v) is 18.1. The van der Waals surface area contributed by atoms with Crippen LogP contribution in [0, 0.1) is 19.7 Å². The van der Waals surface area contributed by atoms with Gasteiger partial charge >= 0.3 is 0 Å². The molecule has 0 bridgehead atoms. The number of amides is 1. The van der Waals surface area contributed by atoms with Crippen LogP contribution in [0.3, 0.4) is 0 Å². The average molecular weight is 424 g/mol. The maximum atomic E-state index is 13.3. The third-order valence-corrected chi connectivity index (χ3v) is 6.94. The second-order valence-electron chi connectivity index (χ2n) is 7.78. The van der Waals surface area contributed by atoms with Crippen molar-refractivity contribution in [3.05, 3.63) is 77.4 Å². The number of anilines is 1. The van der Waals surface area contributed by atoms with Crippen molar-refractivity contribution in [3.63, 3.8) is 0 Å². The van der Waals surface area contributed by atoms with Crippen LogP contribution in [0.2, 0.25) is 0 Å². The number of nitrogens with zero attached hydrogens (tertiary/aromatic N) is 2. The van der Waals surface area contributed by atoms with Gasteiger partial charge in [0.25, 0.3) is 0 Å². The lowest BCUT2D eigenvalue weighted by Crippen LogP contribution is -2.20. The Hall–Kier alpha value is -2.60. The molecule has 1 aliphatic carbocycles. The van der Waals surface area contributed by atoms with Gasteiger partial charge in [-0.2, -0.15) is 0 Å². The van der Waals surface area contributed by atoms with E-state index in [4.69, 9.17) is 4.98 Å². The molecule has 1 saturated carbocycles. The normalized spacial score (nSPS) is 15.3.